The van der Waals surface area contributed by atoms with Gasteiger partial charge in [-0.3, -0.25) is 4.79 Å². The average Bonchev–Trinajstić information content (AvgIpc) is 3.33. The number of methoxy groups -OCH3 is 1. The van der Waals surface area contributed by atoms with E-state index >= 15 is 0 Å². The van der Waals surface area contributed by atoms with Crippen molar-refractivity contribution in [2.75, 3.05) is 25.6 Å². The summed E-state index contributed by atoms with van der Waals surface area (Å²) >= 11 is 0. The minimum atomic E-state index is -0.850. The minimum absolute atomic E-state index is 0.0450. The van der Waals surface area contributed by atoms with Crippen molar-refractivity contribution in [2.45, 2.75) is 24.9 Å². The number of anilines is 1. The van der Waals surface area contributed by atoms with Gasteiger partial charge in [-0.2, -0.15) is 15.0 Å². The van der Waals surface area contributed by atoms with Crippen molar-refractivity contribution in [3.8, 4) is 5.75 Å². The van der Waals surface area contributed by atoms with E-state index in [4.69, 9.17) is 9.47 Å². The zero-order valence-electron chi connectivity index (χ0n) is 20.2. The Bertz CT molecular complexity index is 1440. The Kier molecular flexibility index (Phi) is 6.91. The van der Waals surface area contributed by atoms with Crippen molar-refractivity contribution in [2.24, 2.45) is 7.05 Å². The van der Waals surface area contributed by atoms with E-state index in [1.165, 1.54) is 42.5 Å². The molecule has 2 aromatic heterocycles. The molecule has 2 N–H and O–H groups in total. The van der Waals surface area contributed by atoms with Crippen LogP contribution in [0, 0.1) is 11.6 Å². The van der Waals surface area contributed by atoms with Gasteiger partial charge in [-0.1, -0.05) is 6.07 Å². The monoisotopic (exact) mass is 509 g/mol. The molecule has 1 saturated heterocycles. The van der Waals surface area contributed by atoms with Crippen LogP contribution in [-0.2, 0) is 11.8 Å². The molecule has 0 spiro atoms. The number of carbonyl (C=O) groups excluding carboxylic acids is 1. The number of halogens is 2. The van der Waals surface area contributed by atoms with Gasteiger partial charge in [0.25, 0.3) is 5.91 Å². The Morgan fingerprint density at radius 2 is 1.97 bits per heavy atom. The maximum absolute atomic E-state index is 14.9. The number of fused-ring (bicyclic) bond motifs is 1. The smallest absolute Gasteiger partial charge is 0.252 e. The first kappa shape index (κ1) is 24.5. The molecule has 0 unspecified atom stereocenters. The number of rotatable bonds is 7. The maximum atomic E-state index is 14.9. The van der Waals surface area contributed by atoms with E-state index in [1.54, 1.807) is 13.1 Å². The molecule has 0 saturated carbocycles. The van der Waals surface area contributed by atoms with Crippen LogP contribution in [0.4, 0.5) is 14.7 Å². The number of benzene rings is 2. The molecule has 1 fully saturated rings. The summed E-state index contributed by atoms with van der Waals surface area (Å²) in [4.78, 5) is 23.3. The molecule has 192 valence electrons. The molecule has 0 radical (unpaired) electrons. The maximum Gasteiger partial charge on any atom is 0.252 e. The summed E-state index contributed by atoms with van der Waals surface area (Å²) in [7, 11) is 2.99. The number of carbonyl (C=O) groups is 1. The lowest BCUT2D eigenvalue weighted by molar-refractivity contribution is 0.0903. The number of nitrogens with one attached hydrogen (secondary N) is 2. The third kappa shape index (κ3) is 5.33. The third-order valence-electron chi connectivity index (χ3n) is 6.16. The molecule has 37 heavy (non-hydrogen) atoms. The lowest BCUT2D eigenvalue weighted by Crippen LogP contribution is -2.30. The van der Waals surface area contributed by atoms with Gasteiger partial charge in [0, 0.05) is 38.1 Å². The Balaban J connectivity index is 1.44. The van der Waals surface area contributed by atoms with Crippen LogP contribution in [0.15, 0.2) is 42.7 Å². The zero-order valence-corrected chi connectivity index (χ0v) is 20.2. The quantitative estimate of drug-likeness (QED) is 0.390. The highest BCUT2D eigenvalue weighted by atomic mass is 19.1. The molecule has 12 heteroatoms. The predicted molar refractivity (Wildman–Crippen MR) is 130 cm³/mol. The molecular formula is C25H25F2N7O3. The number of ether oxygens (including phenoxy) is 2. The molecule has 5 rings (SSSR count). The van der Waals surface area contributed by atoms with Gasteiger partial charge in [-0.25, -0.2) is 18.7 Å². The second-order valence-corrected chi connectivity index (χ2v) is 8.67. The van der Waals surface area contributed by atoms with Gasteiger partial charge in [0.15, 0.2) is 11.6 Å². The van der Waals surface area contributed by atoms with E-state index in [0.29, 0.717) is 30.4 Å². The van der Waals surface area contributed by atoms with E-state index in [2.05, 4.69) is 30.8 Å². The highest BCUT2D eigenvalue weighted by Gasteiger charge is 2.23. The van der Waals surface area contributed by atoms with Crippen molar-refractivity contribution in [1.82, 2.24) is 30.3 Å². The van der Waals surface area contributed by atoms with Crippen LogP contribution in [0.3, 0.4) is 0 Å². The van der Waals surface area contributed by atoms with Crippen LogP contribution < -0.4 is 15.4 Å². The summed E-state index contributed by atoms with van der Waals surface area (Å²) in [6.45, 7) is 1.30. The van der Waals surface area contributed by atoms with Gasteiger partial charge < -0.3 is 20.1 Å². The molecule has 0 aliphatic carbocycles. The number of amides is 1. The van der Waals surface area contributed by atoms with E-state index in [-0.39, 0.29) is 28.3 Å². The van der Waals surface area contributed by atoms with Crippen LogP contribution in [0.1, 0.15) is 40.5 Å². The second kappa shape index (κ2) is 10.4. The Hall–Kier alpha value is -4.19. The Morgan fingerprint density at radius 3 is 2.68 bits per heavy atom. The molecule has 3 heterocycles. The Morgan fingerprint density at radius 1 is 1.16 bits per heavy atom. The van der Waals surface area contributed by atoms with Gasteiger partial charge in [0.05, 0.1) is 24.2 Å². The van der Waals surface area contributed by atoms with Crippen LogP contribution in [-0.4, -0.2) is 57.2 Å². The van der Waals surface area contributed by atoms with Gasteiger partial charge in [-0.15, -0.1) is 0 Å². The number of aromatic nitrogens is 5. The van der Waals surface area contributed by atoms with Crippen molar-refractivity contribution in [3.05, 3.63) is 71.2 Å². The van der Waals surface area contributed by atoms with E-state index < -0.39 is 23.6 Å². The van der Waals surface area contributed by atoms with E-state index in [1.807, 2.05) is 0 Å². The molecule has 2 aromatic carbocycles. The van der Waals surface area contributed by atoms with E-state index in [9.17, 15) is 13.6 Å². The normalized spacial score (nSPS) is 14.9. The van der Waals surface area contributed by atoms with Gasteiger partial charge in [0.1, 0.15) is 17.6 Å². The standard InChI is InChI=1S/C25H25F2N7O3/c1-34-29-13-21(33-34)23(14-3-4-22(36-2)19(27)9-14)32-24(35)15-10-18(26)17-12-28-25(31-20(17)11-15)30-16-5-7-37-8-6-16/h3-4,9-13,16,23H,5-8H2,1-2H3,(H,32,35)(H,28,30,31)/t23-/m0/s1. The first-order valence-electron chi connectivity index (χ1n) is 11.7. The molecular weight excluding hydrogens is 484 g/mol. The number of hydrogen-bond donors (Lipinski definition) is 2. The summed E-state index contributed by atoms with van der Waals surface area (Å²) in [5, 5.41) is 14.6. The SMILES string of the molecule is COc1ccc([C@H](NC(=O)c2cc(F)c3cnc(NC4CCOCC4)nc3c2)c2cnn(C)n2)cc1F. The zero-order chi connectivity index (χ0) is 25.9. The molecule has 1 aliphatic heterocycles. The molecule has 0 bridgehead atoms. The van der Waals surface area contributed by atoms with Crippen LogP contribution in [0.5, 0.6) is 5.75 Å². The predicted octanol–water partition coefficient (Wildman–Crippen LogP) is 3.16. The van der Waals surface area contributed by atoms with Crippen LogP contribution >= 0.6 is 0 Å². The lowest BCUT2D eigenvalue weighted by atomic mass is 10.0. The molecule has 1 atom stereocenters. The summed E-state index contributed by atoms with van der Waals surface area (Å²) in [5.41, 5.74) is 1.12. The molecule has 4 aromatic rings. The van der Waals surface area contributed by atoms with Gasteiger partial charge in [0.2, 0.25) is 5.95 Å². The van der Waals surface area contributed by atoms with Crippen molar-refractivity contribution >= 4 is 22.8 Å². The van der Waals surface area contributed by atoms with Crippen molar-refractivity contribution in [1.29, 1.82) is 0 Å². The van der Waals surface area contributed by atoms with Crippen LogP contribution in [0.25, 0.3) is 10.9 Å². The highest BCUT2D eigenvalue weighted by Crippen LogP contribution is 2.27. The Labute approximate surface area is 211 Å². The van der Waals surface area contributed by atoms with Crippen molar-refractivity contribution < 1.29 is 23.0 Å². The number of hydrogen-bond acceptors (Lipinski definition) is 8. The average molecular weight is 510 g/mol. The fraction of sp³-hybridized carbons (Fsp3) is 0.320. The summed E-state index contributed by atoms with van der Waals surface area (Å²) < 4.78 is 39.8. The third-order valence-corrected chi connectivity index (χ3v) is 6.16. The summed E-state index contributed by atoms with van der Waals surface area (Å²) in [5.74, 6) is -1.41. The molecule has 1 amide bonds. The highest BCUT2D eigenvalue weighted by molar-refractivity contribution is 5.98. The minimum Gasteiger partial charge on any atom is -0.494 e. The van der Waals surface area contributed by atoms with Crippen molar-refractivity contribution in [3.63, 3.8) is 0 Å². The number of aryl methyl sites for hydroxylation is 1. The molecule has 1 aliphatic rings. The fourth-order valence-electron chi connectivity index (χ4n) is 4.22. The topological polar surface area (TPSA) is 116 Å². The molecule has 10 nitrogen and oxygen atoms in total. The summed E-state index contributed by atoms with van der Waals surface area (Å²) in [6.07, 6.45) is 4.49. The van der Waals surface area contributed by atoms with Gasteiger partial charge in [-0.05, 0) is 42.7 Å². The first-order chi connectivity index (χ1) is 17.9. The van der Waals surface area contributed by atoms with Crippen LogP contribution in [0.2, 0.25) is 0 Å². The first-order valence-corrected chi connectivity index (χ1v) is 11.7. The summed E-state index contributed by atoms with van der Waals surface area (Å²) in [6, 6.07) is 6.24. The van der Waals surface area contributed by atoms with E-state index in [0.717, 1.165) is 18.9 Å². The second-order valence-electron chi connectivity index (χ2n) is 8.67. The lowest BCUT2D eigenvalue weighted by Gasteiger charge is -2.23. The number of nitrogens with zero attached hydrogens (tertiary/aromatic N) is 5. The largest absolute Gasteiger partial charge is 0.494 e. The fourth-order valence-corrected chi connectivity index (χ4v) is 4.22. The van der Waals surface area contributed by atoms with Gasteiger partial charge >= 0.3 is 0 Å².